The van der Waals surface area contributed by atoms with Crippen LogP contribution in [0.15, 0.2) is 0 Å². The van der Waals surface area contributed by atoms with Crippen molar-refractivity contribution in [1.29, 1.82) is 0 Å². The number of hydrogen-bond acceptors (Lipinski definition) is 7. The summed E-state index contributed by atoms with van der Waals surface area (Å²) in [6.07, 6.45) is 0.293. The molecule has 0 aromatic rings. The normalized spacial score (nSPS) is 12.5. The van der Waals surface area contributed by atoms with E-state index in [1.165, 1.54) is 14.2 Å². The van der Waals surface area contributed by atoms with Gasteiger partial charge in [0.1, 0.15) is 12.1 Å². The van der Waals surface area contributed by atoms with Crippen LogP contribution >= 0.6 is 0 Å². The van der Waals surface area contributed by atoms with E-state index in [9.17, 15) is 19.2 Å². The molecule has 9 nitrogen and oxygen atoms in total. The Bertz CT molecular complexity index is 425. The number of esters is 3. The van der Waals surface area contributed by atoms with E-state index < -0.39 is 36.0 Å². The summed E-state index contributed by atoms with van der Waals surface area (Å²) in [5, 5.41) is 4.76. The number of ether oxygens (including phenoxy) is 3. The van der Waals surface area contributed by atoms with Gasteiger partial charge in [-0.15, -0.1) is 0 Å². The second kappa shape index (κ2) is 11.3. The highest BCUT2D eigenvalue weighted by Gasteiger charge is 2.25. The minimum Gasteiger partial charge on any atom is -0.467 e. The molecular formula is C14H24N2O7. The summed E-state index contributed by atoms with van der Waals surface area (Å²) in [6.45, 7) is 3.59. The Balaban J connectivity index is 4.63. The first-order valence-electron chi connectivity index (χ1n) is 7.27. The van der Waals surface area contributed by atoms with Crippen LogP contribution in [0.25, 0.3) is 0 Å². The SMILES string of the molecule is CCOC(=O)CCC(NC(=O)NC(CC)C(=O)OC)C(=O)OC. The standard InChI is InChI=1S/C14H24N2O7/c1-5-9(12(18)21-3)15-14(20)16-10(13(19)22-4)7-8-11(17)23-6-2/h9-10H,5-8H2,1-4H3,(H2,15,16,20). The van der Waals surface area contributed by atoms with Crippen molar-refractivity contribution in [3.05, 3.63) is 0 Å². The monoisotopic (exact) mass is 332 g/mol. The highest BCUT2D eigenvalue weighted by molar-refractivity contribution is 5.87. The van der Waals surface area contributed by atoms with Crippen molar-refractivity contribution < 1.29 is 33.4 Å². The second-order valence-corrected chi connectivity index (χ2v) is 4.52. The van der Waals surface area contributed by atoms with Gasteiger partial charge in [-0.05, 0) is 19.8 Å². The molecule has 0 saturated carbocycles. The molecule has 2 atom stereocenters. The minimum atomic E-state index is -1.03. The fourth-order valence-electron chi connectivity index (χ4n) is 1.71. The number of amides is 2. The van der Waals surface area contributed by atoms with Crippen LogP contribution < -0.4 is 10.6 Å². The van der Waals surface area contributed by atoms with Gasteiger partial charge in [-0.1, -0.05) is 6.92 Å². The van der Waals surface area contributed by atoms with E-state index in [0.717, 1.165) is 0 Å². The van der Waals surface area contributed by atoms with Crippen LogP contribution in [0, 0.1) is 0 Å². The van der Waals surface area contributed by atoms with E-state index in [-0.39, 0.29) is 19.4 Å². The minimum absolute atomic E-state index is 0.0218. The molecule has 0 aliphatic carbocycles. The largest absolute Gasteiger partial charge is 0.467 e. The maximum atomic E-state index is 11.9. The van der Waals surface area contributed by atoms with E-state index >= 15 is 0 Å². The van der Waals surface area contributed by atoms with Crippen molar-refractivity contribution in [2.75, 3.05) is 20.8 Å². The molecule has 0 radical (unpaired) electrons. The first-order chi connectivity index (χ1) is 10.9. The summed E-state index contributed by atoms with van der Waals surface area (Å²) in [6, 6.07) is -2.59. The van der Waals surface area contributed by atoms with Crippen molar-refractivity contribution in [2.45, 2.75) is 45.2 Å². The summed E-state index contributed by atoms with van der Waals surface area (Å²) in [4.78, 5) is 46.3. The number of carbonyl (C=O) groups excluding carboxylic acids is 4. The third-order valence-electron chi connectivity index (χ3n) is 2.93. The summed E-state index contributed by atoms with van der Waals surface area (Å²) < 4.78 is 13.9. The quantitative estimate of drug-likeness (QED) is 0.454. The second-order valence-electron chi connectivity index (χ2n) is 4.52. The number of rotatable bonds is 9. The molecule has 2 N–H and O–H groups in total. The number of nitrogens with one attached hydrogen (secondary N) is 2. The molecule has 0 rings (SSSR count). The van der Waals surface area contributed by atoms with E-state index in [0.29, 0.717) is 6.42 Å². The number of carbonyl (C=O) groups is 4. The van der Waals surface area contributed by atoms with Gasteiger partial charge in [-0.25, -0.2) is 14.4 Å². The zero-order valence-corrected chi connectivity index (χ0v) is 13.8. The van der Waals surface area contributed by atoms with Gasteiger partial charge in [0.05, 0.1) is 20.8 Å². The smallest absolute Gasteiger partial charge is 0.328 e. The molecule has 0 fully saturated rings. The number of hydrogen-bond donors (Lipinski definition) is 2. The van der Waals surface area contributed by atoms with Crippen molar-refractivity contribution in [3.63, 3.8) is 0 Å². The topological polar surface area (TPSA) is 120 Å². The predicted molar refractivity (Wildman–Crippen MR) is 79.4 cm³/mol. The third kappa shape index (κ3) is 8.03. The summed E-state index contributed by atoms with van der Waals surface area (Å²) in [5.74, 6) is -1.77. The molecule has 132 valence electrons. The lowest BCUT2D eigenvalue weighted by Gasteiger charge is -2.19. The highest BCUT2D eigenvalue weighted by Crippen LogP contribution is 2.02. The Morgan fingerprint density at radius 1 is 0.913 bits per heavy atom. The first kappa shape index (κ1) is 20.7. The van der Waals surface area contributed by atoms with Crippen molar-refractivity contribution in [1.82, 2.24) is 10.6 Å². The molecule has 0 aliphatic heterocycles. The van der Waals surface area contributed by atoms with Gasteiger partial charge in [0, 0.05) is 6.42 Å². The van der Waals surface area contributed by atoms with Crippen LogP contribution in [-0.2, 0) is 28.6 Å². The molecule has 0 spiro atoms. The number of urea groups is 1. The molecule has 9 heteroatoms. The van der Waals surface area contributed by atoms with E-state index in [4.69, 9.17) is 4.74 Å². The lowest BCUT2D eigenvalue weighted by Crippen LogP contribution is -2.51. The van der Waals surface area contributed by atoms with Gasteiger partial charge < -0.3 is 24.8 Å². The molecule has 0 aromatic heterocycles. The number of methoxy groups -OCH3 is 2. The van der Waals surface area contributed by atoms with Crippen molar-refractivity contribution in [2.24, 2.45) is 0 Å². The maximum absolute atomic E-state index is 11.9. The Kier molecular flexibility index (Phi) is 10.1. The molecule has 2 amide bonds. The van der Waals surface area contributed by atoms with E-state index in [1.807, 2.05) is 0 Å². The molecule has 0 aromatic carbocycles. The van der Waals surface area contributed by atoms with E-state index in [1.54, 1.807) is 13.8 Å². The van der Waals surface area contributed by atoms with Gasteiger partial charge in [-0.2, -0.15) is 0 Å². The fraction of sp³-hybridized carbons (Fsp3) is 0.714. The molecule has 0 aliphatic rings. The van der Waals surface area contributed by atoms with Gasteiger partial charge in [-0.3, -0.25) is 4.79 Å². The molecule has 0 heterocycles. The average molecular weight is 332 g/mol. The zero-order chi connectivity index (χ0) is 17.8. The maximum Gasteiger partial charge on any atom is 0.328 e. The molecular weight excluding hydrogens is 308 g/mol. The zero-order valence-electron chi connectivity index (χ0n) is 13.8. The van der Waals surface area contributed by atoms with Gasteiger partial charge in [0.15, 0.2) is 0 Å². The van der Waals surface area contributed by atoms with Gasteiger partial charge >= 0.3 is 23.9 Å². The van der Waals surface area contributed by atoms with Crippen LogP contribution in [-0.4, -0.2) is 56.8 Å². The molecule has 0 saturated heterocycles. The van der Waals surface area contributed by atoms with Gasteiger partial charge in [0.25, 0.3) is 0 Å². The average Bonchev–Trinajstić information content (AvgIpc) is 2.55. The summed E-state index contributed by atoms with van der Waals surface area (Å²) in [7, 11) is 2.38. The third-order valence-corrected chi connectivity index (χ3v) is 2.93. The van der Waals surface area contributed by atoms with Crippen molar-refractivity contribution in [3.8, 4) is 0 Å². The van der Waals surface area contributed by atoms with Crippen LogP contribution in [0.1, 0.15) is 33.1 Å². The Labute approximate surface area is 135 Å². The Morgan fingerprint density at radius 2 is 1.43 bits per heavy atom. The lowest BCUT2D eigenvalue weighted by molar-refractivity contribution is -0.145. The Hall–Kier alpha value is -2.32. The van der Waals surface area contributed by atoms with Crippen LogP contribution in [0.3, 0.4) is 0 Å². The first-order valence-corrected chi connectivity index (χ1v) is 7.27. The summed E-state index contributed by atoms with van der Waals surface area (Å²) in [5.41, 5.74) is 0. The van der Waals surface area contributed by atoms with Gasteiger partial charge in [0.2, 0.25) is 0 Å². The van der Waals surface area contributed by atoms with Crippen LogP contribution in [0.2, 0.25) is 0 Å². The van der Waals surface area contributed by atoms with Crippen molar-refractivity contribution >= 4 is 23.9 Å². The summed E-state index contributed by atoms with van der Waals surface area (Å²) >= 11 is 0. The molecule has 23 heavy (non-hydrogen) atoms. The predicted octanol–water partition coefficient (Wildman–Crippen LogP) is 0.122. The Morgan fingerprint density at radius 3 is 1.91 bits per heavy atom. The van der Waals surface area contributed by atoms with E-state index in [2.05, 4.69) is 20.1 Å². The molecule has 2 unspecified atom stereocenters. The fourth-order valence-corrected chi connectivity index (χ4v) is 1.71. The molecule has 0 bridgehead atoms. The highest BCUT2D eigenvalue weighted by atomic mass is 16.5. The lowest BCUT2D eigenvalue weighted by atomic mass is 10.1. The van der Waals surface area contributed by atoms with Crippen LogP contribution in [0.5, 0.6) is 0 Å². The van der Waals surface area contributed by atoms with Crippen LogP contribution in [0.4, 0.5) is 4.79 Å².